The van der Waals surface area contributed by atoms with Crippen molar-refractivity contribution in [3.8, 4) is 0 Å². The van der Waals surface area contributed by atoms with E-state index in [-0.39, 0.29) is 0 Å². The molecular weight excluding hydrogens is 212 g/mol. The van der Waals surface area contributed by atoms with Crippen LogP contribution in [0.1, 0.15) is 23.9 Å². The van der Waals surface area contributed by atoms with E-state index >= 15 is 0 Å². The topological polar surface area (TPSA) is 56.7 Å². The van der Waals surface area contributed by atoms with Crippen molar-refractivity contribution in [2.45, 2.75) is 19.9 Å². The van der Waals surface area contributed by atoms with Gasteiger partial charge < -0.3 is 5.73 Å². The second-order valence-electron chi connectivity index (χ2n) is 3.84. The lowest BCUT2D eigenvalue weighted by atomic mass is 10.1. The summed E-state index contributed by atoms with van der Waals surface area (Å²) in [5.74, 6) is 1.25. The maximum absolute atomic E-state index is 5.79. The van der Waals surface area contributed by atoms with Gasteiger partial charge in [0, 0.05) is 6.42 Å². The smallest absolute Gasteiger partial charge is 0.219 e. The van der Waals surface area contributed by atoms with Crippen molar-refractivity contribution in [1.29, 1.82) is 0 Å². The molecule has 0 fully saturated rings. The summed E-state index contributed by atoms with van der Waals surface area (Å²) >= 11 is 0. The number of hydrogen-bond acceptors (Lipinski definition) is 3. The van der Waals surface area contributed by atoms with Crippen LogP contribution in [-0.2, 0) is 13.0 Å². The second-order valence-corrected chi connectivity index (χ2v) is 3.84. The first-order valence-electron chi connectivity index (χ1n) is 5.63. The van der Waals surface area contributed by atoms with Crippen LogP contribution >= 0.6 is 0 Å². The van der Waals surface area contributed by atoms with Crippen LogP contribution in [0.4, 0.5) is 5.95 Å². The molecule has 0 spiro atoms. The summed E-state index contributed by atoms with van der Waals surface area (Å²) in [6.45, 7) is 6.39. The third-order valence-corrected chi connectivity index (χ3v) is 2.61. The van der Waals surface area contributed by atoms with Gasteiger partial charge in [-0.25, -0.2) is 4.68 Å². The number of nitrogens with zero attached hydrogens (tertiary/aromatic N) is 3. The Morgan fingerprint density at radius 1 is 1.35 bits per heavy atom. The van der Waals surface area contributed by atoms with Crippen molar-refractivity contribution < 1.29 is 0 Å². The predicted molar refractivity (Wildman–Crippen MR) is 69.4 cm³/mol. The average molecular weight is 228 g/mol. The molecule has 0 aliphatic rings. The minimum atomic E-state index is 0.467. The van der Waals surface area contributed by atoms with Crippen LogP contribution in [0.5, 0.6) is 0 Å². The molecule has 2 rings (SSSR count). The van der Waals surface area contributed by atoms with Crippen molar-refractivity contribution in [3.05, 3.63) is 47.8 Å². The molecule has 1 heterocycles. The molecule has 0 aliphatic heterocycles. The number of nitrogen functional groups attached to an aromatic ring is 1. The van der Waals surface area contributed by atoms with E-state index in [9.17, 15) is 0 Å². The highest BCUT2D eigenvalue weighted by Crippen LogP contribution is 2.09. The molecule has 0 bridgehead atoms. The molecule has 0 atom stereocenters. The minimum absolute atomic E-state index is 0.467. The Morgan fingerprint density at radius 2 is 2.06 bits per heavy atom. The predicted octanol–water partition coefficient (Wildman–Crippen LogP) is 2.11. The van der Waals surface area contributed by atoms with E-state index in [1.165, 1.54) is 0 Å². The van der Waals surface area contributed by atoms with Gasteiger partial charge in [-0.1, -0.05) is 43.8 Å². The summed E-state index contributed by atoms with van der Waals surface area (Å²) in [6.07, 6.45) is 2.62. The summed E-state index contributed by atoms with van der Waals surface area (Å²) in [7, 11) is 0. The highest BCUT2D eigenvalue weighted by molar-refractivity contribution is 5.47. The van der Waals surface area contributed by atoms with Crippen molar-refractivity contribution in [2.24, 2.45) is 0 Å². The Bertz CT molecular complexity index is 511. The first-order valence-corrected chi connectivity index (χ1v) is 5.63. The van der Waals surface area contributed by atoms with Crippen molar-refractivity contribution in [2.75, 3.05) is 5.73 Å². The van der Waals surface area contributed by atoms with Gasteiger partial charge in [0.15, 0.2) is 5.82 Å². The first-order chi connectivity index (χ1) is 8.22. The molecule has 1 aromatic heterocycles. The molecule has 2 aromatic rings. The molecule has 0 aliphatic carbocycles. The maximum Gasteiger partial charge on any atom is 0.219 e. The molecule has 0 radical (unpaired) electrons. The summed E-state index contributed by atoms with van der Waals surface area (Å²) < 4.78 is 1.72. The summed E-state index contributed by atoms with van der Waals surface area (Å²) in [5, 5.41) is 4.33. The van der Waals surface area contributed by atoms with Crippen LogP contribution in [0, 0.1) is 0 Å². The molecule has 0 unspecified atom stereocenters. The van der Waals surface area contributed by atoms with E-state index in [2.05, 4.69) is 16.7 Å². The Morgan fingerprint density at radius 3 is 2.59 bits per heavy atom. The first kappa shape index (κ1) is 11.4. The van der Waals surface area contributed by atoms with E-state index in [0.29, 0.717) is 12.5 Å². The van der Waals surface area contributed by atoms with Crippen molar-refractivity contribution in [1.82, 2.24) is 14.8 Å². The molecule has 0 saturated heterocycles. The van der Waals surface area contributed by atoms with E-state index < -0.39 is 0 Å². The van der Waals surface area contributed by atoms with Gasteiger partial charge in [-0.15, -0.1) is 0 Å². The van der Waals surface area contributed by atoms with Crippen LogP contribution < -0.4 is 5.73 Å². The fourth-order valence-corrected chi connectivity index (χ4v) is 1.60. The number of rotatable bonds is 4. The van der Waals surface area contributed by atoms with E-state index in [0.717, 1.165) is 23.4 Å². The van der Waals surface area contributed by atoms with Crippen molar-refractivity contribution >= 4 is 12.0 Å². The number of anilines is 1. The van der Waals surface area contributed by atoms with Crippen LogP contribution in [0.25, 0.3) is 6.08 Å². The molecule has 17 heavy (non-hydrogen) atoms. The highest BCUT2D eigenvalue weighted by Gasteiger charge is 2.05. The molecular formula is C13H16N4. The molecule has 0 saturated carbocycles. The molecule has 1 aromatic carbocycles. The minimum Gasteiger partial charge on any atom is -0.368 e. The summed E-state index contributed by atoms with van der Waals surface area (Å²) in [6, 6.07) is 8.14. The Kier molecular flexibility index (Phi) is 3.23. The Balaban J connectivity index is 2.18. The normalized spacial score (nSPS) is 10.4. The zero-order valence-corrected chi connectivity index (χ0v) is 9.93. The van der Waals surface area contributed by atoms with Gasteiger partial charge in [0.05, 0.1) is 6.54 Å². The number of nitrogens with two attached hydrogens (primary N) is 1. The molecule has 4 nitrogen and oxygen atoms in total. The second kappa shape index (κ2) is 4.82. The van der Waals surface area contributed by atoms with E-state index in [1.54, 1.807) is 4.68 Å². The van der Waals surface area contributed by atoms with E-state index in [1.807, 2.05) is 37.3 Å². The number of aromatic nitrogens is 3. The lowest BCUT2D eigenvalue weighted by Gasteiger charge is -2.03. The zero-order chi connectivity index (χ0) is 12.3. The summed E-state index contributed by atoms with van der Waals surface area (Å²) in [4.78, 5) is 4.17. The number of benzene rings is 1. The maximum atomic E-state index is 5.79. The SMILES string of the molecule is C=Cc1ccc(Cn2nc(CC)nc2N)cc1. The molecule has 88 valence electrons. The van der Waals surface area contributed by atoms with Gasteiger partial charge in [-0.2, -0.15) is 10.1 Å². The Labute approximate surface area is 101 Å². The lowest BCUT2D eigenvalue weighted by Crippen LogP contribution is -2.06. The largest absolute Gasteiger partial charge is 0.368 e. The monoisotopic (exact) mass is 228 g/mol. The van der Waals surface area contributed by atoms with Gasteiger partial charge in [-0.3, -0.25) is 0 Å². The van der Waals surface area contributed by atoms with Gasteiger partial charge in [-0.05, 0) is 11.1 Å². The quantitative estimate of drug-likeness (QED) is 0.872. The third kappa shape index (κ3) is 2.53. The van der Waals surface area contributed by atoms with Gasteiger partial charge >= 0.3 is 0 Å². The highest BCUT2D eigenvalue weighted by atomic mass is 15.4. The van der Waals surface area contributed by atoms with Crippen LogP contribution in [0.2, 0.25) is 0 Å². The van der Waals surface area contributed by atoms with Crippen LogP contribution in [0.3, 0.4) is 0 Å². The fraction of sp³-hybridized carbons (Fsp3) is 0.231. The standard InChI is InChI=1S/C13H16N4/c1-3-10-5-7-11(8-6-10)9-17-13(14)15-12(4-2)16-17/h3,5-8H,1,4,9H2,2H3,(H2,14,15,16). The van der Waals surface area contributed by atoms with Crippen LogP contribution in [0.15, 0.2) is 30.8 Å². The lowest BCUT2D eigenvalue weighted by molar-refractivity contribution is 0.683. The zero-order valence-electron chi connectivity index (χ0n) is 9.93. The summed E-state index contributed by atoms with van der Waals surface area (Å²) in [5.41, 5.74) is 8.05. The number of aryl methyl sites for hydroxylation is 1. The molecule has 4 heteroatoms. The Hall–Kier alpha value is -2.10. The van der Waals surface area contributed by atoms with Gasteiger partial charge in [0.2, 0.25) is 5.95 Å². The van der Waals surface area contributed by atoms with Gasteiger partial charge in [0.25, 0.3) is 0 Å². The number of hydrogen-bond donors (Lipinski definition) is 1. The molecule has 0 amide bonds. The average Bonchev–Trinajstić information content (AvgIpc) is 2.71. The van der Waals surface area contributed by atoms with Crippen molar-refractivity contribution in [3.63, 3.8) is 0 Å². The third-order valence-electron chi connectivity index (χ3n) is 2.61. The van der Waals surface area contributed by atoms with Crippen LogP contribution in [-0.4, -0.2) is 14.8 Å². The molecule has 2 N–H and O–H groups in total. The van der Waals surface area contributed by atoms with Gasteiger partial charge in [0.1, 0.15) is 0 Å². The van der Waals surface area contributed by atoms with E-state index in [4.69, 9.17) is 5.73 Å². The fourth-order valence-electron chi connectivity index (χ4n) is 1.60.